The first-order valence-corrected chi connectivity index (χ1v) is 11.3. The van der Waals surface area contributed by atoms with Crippen LogP contribution < -0.4 is 10.1 Å². The molecule has 2 rings (SSSR count). The Bertz CT molecular complexity index is 1000. The van der Waals surface area contributed by atoms with Crippen molar-refractivity contribution in [3.63, 3.8) is 0 Å². The summed E-state index contributed by atoms with van der Waals surface area (Å²) in [5.41, 5.74) is 1.21. The van der Waals surface area contributed by atoms with Gasteiger partial charge >= 0.3 is 11.9 Å². The van der Waals surface area contributed by atoms with Gasteiger partial charge in [0.2, 0.25) is 5.91 Å². The lowest BCUT2D eigenvalue weighted by atomic mass is 9.75. The standard InChI is InChI=1S/C26H36N2O6/c1-14(2)22(25(31)34-26(5,6)7)28-23(29)19-15(3)27-16(4)20(24(30)33-9)21(19)17-12-10-11-13-18(17)32-8/h10-14,20-22H,1-9H3,(H,28,29)/t20?,21?,22-/m0/s1. The highest BCUT2D eigenvalue weighted by molar-refractivity contribution is 6.08. The second-order valence-electron chi connectivity index (χ2n) is 9.70. The van der Waals surface area contributed by atoms with Crippen LogP contribution in [0.2, 0.25) is 0 Å². The van der Waals surface area contributed by atoms with E-state index in [0.29, 0.717) is 22.7 Å². The number of aliphatic imine (C=N–C) groups is 1. The van der Waals surface area contributed by atoms with E-state index in [9.17, 15) is 14.4 Å². The summed E-state index contributed by atoms with van der Waals surface area (Å²) in [6.07, 6.45) is 0. The van der Waals surface area contributed by atoms with Crippen LogP contribution in [0.25, 0.3) is 0 Å². The van der Waals surface area contributed by atoms with E-state index < -0.39 is 41.3 Å². The molecular formula is C26H36N2O6. The molecule has 8 nitrogen and oxygen atoms in total. The number of nitrogens with one attached hydrogen (secondary N) is 1. The fourth-order valence-corrected chi connectivity index (χ4v) is 4.11. The van der Waals surface area contributed by atoms with Gasteiger partial charge in [-0.2, -0.15) is 0 Å². The van der Waals surface area contributed by atoms with Gasteiger partial charge in [-0.1, -0.05) is 32.0 Å². The van der Waals surface area contributed by atoms with Gasteiger partial charge in [-0.25, -0.2) is 4.79 Å². The number of carbonyl (C=O) groups is 3. The van der Waals surface area contributed by atoms with Gasteiger partial charge in [-0.15, -0.1) is 0 Å². The van der Waals surface area contributed by atoms with Crippen LogP contribution in [0, 0.1) is 11.8 Å². The van der Waals surface area contributed by atoms with Crippen LogP contribution in [0.4, 0.5) is 0 Å². The van der Waals surface area contributed by atoms with Crippen LogP contribution in [-0.2, 0) is 23.9 Å². The van der Waals surface area contributed by atoms with E-state index in [-0.39, 0.29) is 11.5 Å². The number of hydrogen-bond acceptors (Lipinski definition) is 7. The predicted octanol–water partition coefficient (Wildman–Crippen LogP) is 3.80. The highest BCUT2D eigenvalue weighted by atomic mass is 16.6. The zero-order chi connectivity index (χ0) is 25.8. The van der Waals surface area contributed by atoms with Gasteiger partial charge in [0.25, 0.3) is 0 Å². The van der Waals surface area contributed by atoms with Crippen molar-refractivity contribution in [2.75, 3.05) is 14.2 Å². The quantitative estimate of drug-likeness (QED) is 0.606. The molecule has 8 heteroatoms. The zero-order valence-corrected chi connectivity index (χ0v) is 21.5. The molecule has 1 aromatic rings. The molecule has 1 amide bonds. The third-order valence-electron chi connectivity index (χ3n) is 5.62. The molecule has 2 unspecified atom stereocenters. The average molecular weight is 473 g/mol. The Balaban J connectivity index is 2.60. The van der Waals surface area contributed by atoms with Gasteiger partial charge in [0.15, 0.2) is 0 Å². The highest BCUT2D eigenvalue weighted by Crippen LogP contribution is 2.43. The first-order chi connectivity index (χ1) is 15.8. The Kier molecular flexibility index (Phi) is 8.64. The Hall–Kier alpha value is -3.16. The largest absolute Gasteiger partial charge is 0.496 e. The molecule has 3 atom stereocenters. The molecule has 0 aromatic heterocycles. The molecule has 1 aromatic carbocycles. The number of methoxy groups -OCH3 is 2. The minimum absolute atomic E-state index is 0.227. The molecule has 34 heavy (non-hydrogen) atoms. The monoisotopic (exact) mass is 472 g/mol. The van der Waals surface area contributed by atoms with Crippen molar-refractivity contribution < 1.29 is 28.6 Å². The summed E-state index contributed by atoms with van der Waals surface area (Å²) in [7, 11) is 2.83. The van der Waals surface area contributed by atoms with Crippen molar-refractivity contribution in [1.82, 2.24) is 5.32 Å². The van der Waals surface area contributed by atoms with E-state index in [1.165, 1.54) is 14.2 Å². The fraction of sp³-hybridized carbons (Fsp3) is 0.538. The Labute approximate surface area is 201 Å². The average Bonchev–Trinajstić information content (AvgIpc) is 2.74. The lowest BCUT2D eigenvalue weighted by molar-refractivity contribution is -0.159. The van der Waals surface area contributed by atoms with Crippen molar-refractivity contribution in [3.8, 4) is 5.75 Å². The lowest BCUT2D eigenvalue weighted by Gasteiger charge is -2.33. The molecule has 0 saturated heterocycles. The number of para-hydroxylation sites is 1. The number of esters is 2. The molecule has 1 heterocycles. The molecule has 0 radical (unpaired) electrons. The van der Waals surface area contributed by atoms with Gasteiger partial charge in [0, 0.05) is 28.5 Å². The van der Waals surface area contributed by atoms with Crippen molar-refractivity contribution in [2.24, 2.45) is 16.8 Å². The van der Waals surface area contributed by atoms with Crippen molar-refractivity contribution in [3.05, 3.63) is 41.1 Å². The van der Waals surface area contributed by atoms with Crippen LogP contribution in [0.1, 0.15) is 59.9 Å². The molecule has 1 aliphatic heterocycles. The predicted molar refractivity (Wildman–Crippen MR) is 130 cm³/mol. The number of amides is 1. The number of benzene rings is 1. The summed E-state index contributed by atoms with van der Waals surface area (Å²) in [6, 6.07) is 6.33. The second kappa shape index (κ2) is 10.8. The maximum atomic E-state index is 13.7. The number of carbonyl (C=O) groups excluding carboxylic acids is 3. The molecule has 1 N–H and O–H groups in total. The minimum atomic E-state index is -0.881. The second-order valence-corrected chi connectivity index (χ2v) is 9.70. The van der Waals surface area contributed by atoms with E-state index in [1.54, 1.807) is 40.7 Å². The summed E-state index contributed by atoms with van der Waals surface area (Å²) in [5.74, 6) is -2.78. The SMILES string of the molecule is COC(=O)C1C(C)=NC(C)=C(C(=O)N[C@H](C(=O)OC(C)(C)C)C(C)C)C1c1ccccc1OC. The van der Waals surface area contributed by atoms with Gasteiger partial charge in [0.1, 0.15) is 23.3 Å². The van der Waals surface area contributed by atoms with Crippen LogP contribution >= 0.6 is 0 Å². The van der Waals surface area contributed by atoms with Crippen molar-refractivity contribution in [1.29, 1.82) is 0 Å². The first-order valence-electron chi connectivity index (χ1n) is 11.3. The first kappa shape index (κ1) is 27.1. The third kappa shape index (κ3) is 6.04. The number of allylic oxidation sites excluding steroid dienone is 1. The summed E-state index contributed by atoms with van der Waals surface area (Å²) in [5, 5.41) is 2.83. The summed E-state index contributed by atoms with van der Waals surface area (Å²) >= 11 is 0. The van der Waals surface area contributed by atoms with E-state index in [4.69, 9.17) is 14.2 Å². The van der Waals surface area contributed by atoms with Crippen LogP contribution in [0.5, 0.6) is 5.75 Å². The maximum absolute atomic E-state index is 13.7. The molecule has 0 fully saturated rings. The normalized spacial score (nSPS) is 19.3. The molecule has 186 valence electrons. The Morgan fingerprint density at radius 1 is 1.06 bits per heavy atom. The summed E-state index contributed by atoms with van der Waals surface area (Å²) in [6.45, 7) is 12.4. The summed E-state index contributed by atoms with van der Waals surface area (Å²) < 4.78 is 16.1. The minimum Gasteiger partial charge on any atom is -0.496 e. The fourth-order valence-electron chi connectivity index (χ4n) is 4.11. The molecular weight excluding hydrogens is 436 g/mol. The van der Waals surface area contributed by atoms with E-state index in [2.05, 4.69) is 10.3 Å². The number of rotatable bonds is 7. The van der Waals surface area contributed by atoms with Gasteiger partial charge in [0.05, 0.1) is 14.2 Å². The number of hydrogen-bond donors (Lipinski definition) is 1. The lowest BCUT2D eigenvalue weighted by Crippen LogP contribution is -2.49. The molecule has 0 aliphatic carbocycles. The maximum Gasteiger partial charge on any atom is 0.329 e. The summed E-state index contributed by atoms with van der Waals surface area (Å²) in [4.78, 5) is 43.9. The zero-order valence-electron chi connectivity index (χ0n) is 21.5. The van der Waals surface area contributed by atoms with Gasteiger partial charge in [-0.3, -0.25) is 14.6 Å². The molecule has 0 saturated carbocycles. The highest BCUT2D eigenvalue weighted by Gasteiger charge is 2.43. The molecule has 0 spiro atoms. The van der Waals surface area contributed by atoms with E-state index >= 15 is 0 Å². The van der Waals surface area contributed by atoms with Crippen LogP contribution in [0.3, 0.4) is 0 Å². The molecule has 0 bridgehead atoms. The van der Waals surface area contributed by atoms with E-state index in [1.807, 2.05) is 32.0 Å². The van der Waals surface area contributed by atoms with Crippen LogP contribution in [0.15, 0.2) is 40.5 Å². The van der Waals surface area contributed by atoms with Crippen molar-refractivity contribution >= 4 is 23.6 Å². The smallest absolute Gasteiger partial charge is 0.329 e. The topological polar surface area (TPSA) is 103 Å². The van der Waals surface area contributed by atoms with Crippen molar-refractivity contribution in [2.45, 2.75) is 66.0 Å². The van der Waals surface area contributed by atoms with E-state index in [0.717, 1.165) is 0 Å². The number of nitrogens with zero attached hydrogens (tertiary/aromatic N) is 1. The Morgan fingerprint density at radius 3 is 2.21 bits per heavy atom. The Morgan fingerprint density at radius 2 is 1.68 bits per heavy atom. The van der Waals surface area contributed by atoms with Crippen LogP contribution in [-0.4, -0.2) is 49.4 Å². The van der Waals surface area contributed by atoms with Gasteiger partial charge in [-0.05, 0) is 46.6 Å². The third-order valence-corrected chi connectivity index (χ3v) is 5.62. The molecule has 1 aliphatic rings. The van der Waals surface area contributed by atoms with Gasteiger partial charge < -0.3 is 19.5 Å². The number of ether oxygens (including phenoxy) is 3.